The van der Waals surface area contributed by atoms with E-state index in [1.807, 2.05) is 0 Å². The van der Waals surface area contributed by atoms with Crippen molar-refractivity contribution in [3.8, 4) is 0 Å². The smallest absolute Gasteiger partial charge is 0.254 e. The number of nitrogens with one attached hydrogen (secondary N) is 1. The number of halogens is 2. The van der Waals surface area contributed by atoms with E-state index in [2.05, 4.69) is 5.53 Å². The average Bonchev–Trinajstić information content (AvgIpc) is 2.07. The number of nitrogens with zero attached hydrogens (tertiary/aromatic N) is 2. The predicted octanol–water partition coefficient (Wildman–Crippen LogP) is -0.0441. The highest BCUT2D eigenvalue weighted by molar-refractivity contribution is 6.30. The first-order valence-corrected chi connectivity index (χ1v) is 4.22. The number of hydrogen-bond donors (Lipinski definition) is 1. The summed E-state index contributed by atoms with van der Waals surface area (Å²) < 4.78 is 1.03. The second-order valence-corrected chi connectivity index (χ2v) is 3.28. The van der Waals surface area contributed by atoms with Gasteiger partial charge in [0, 0.05) is 17.8 Å². The number of fused-ring (bicyclic) bond motifs is 1. The topological polar surface area (TPSA) is 41.3 Å². The second-order valence-electron chi connectivity index (χ2n) is 2.51. The van der Waals surface area contributed by atoms with Gasteiger partial charge in [0.25, 0.3) is 5.36 Å². The van der Waals surface area contributed by atoms with Gasteiger partial charge in [0.15, 0.2) is 0 Å². The van der Waals surface area contributed by atoms with Gasteiger partial charge in [0.1, 0.15) is 0 Å². The number of benzene rings is 1. The van der Waals surface area contributed by atoms with E-state index in [9.17, 15) is 5.21 Å². The second kappa shape index (κ2) is 2.97. The molecule has 1 heterocycles. The molecule has 4 nitrogen and oxygen atoms in total. The predicted molar refractivity (Wildman–Crippen MR) is 50.6 cm³/mol. The largest absolute Gasteiger partial charge is 0.594 e. The zero-order valence-electron chi connectivity index (χ0n) is 6.37. The minimum absolute atomic E-state index is 0.449. The Morgan fingerprint density at radius 3 is 3.00 bits per heavy atom. The van der Waals surface area contributed by atoms with Crippen molar-refractivity contribution in [2.75, 3.05) is 0 Å². The van der Waals surface area contributed by atoms with Crippen LogP contribution in [-0.4, -0.2) is 4.53 Å². The Bertz CT molecular complexity index is 459. The molecule has 0 radical (unpaired) electrons. The summed E-state index contributed by atoms with van der Waals surface area (Å²) in [6, 6.07) is 5.05. The van der Waals surface area contributed by atoms with Crippen LogP contribution < -0.4 is 21.0 Å². The van der Waals surface area contributed by atoms with Crippen LogP contribution in [0.3, 0.4) is 0 Å². The summed E-state index contributed by atoms with van der Waals surface area (Å²) in [5, 5.41) is 12.8. The van der Waals surface area contributed by atoms with E-state index in [0.717, 1.165) is 4.53 Å². The van der Waals surface area contributed by atoms with Gasteiger partial charge in [-0.25, -0.2) is 0 Å². The minimum Gasteiger partial charge on any atom is -0.594 e. The molecule has 1 aliphatic rings. The van der Waals surface area contributed by atoms with Gasteiger partial charge in [-0.15, -0.1) is 0 Å². The molecule has 6 heteroatoms. The van der Waals surface area contributed by atoms with Crippen molar-refractivity contribution in [1.82, 2.24) is 14.9 Å². The fourth-order valence-electron chi connectivity index (χ4n) is 1.11. The number of hydrazine groups is 2. The first-order valence-electron chi connectivity index (χ1n) is 3.50. The van der Waals surface area contributed by atoms with Gasteiger partial charge >= 0.3 is 0 Å². The molecular weight excluding hydrogens is 213 g/mol. The van der Waals surface area contributed by atoms with Gasteiger partial charge in [0.05, 0.1) is 16.4 Å². The van der Waals surface area contributed by atoms with Crippen LogP contribution >= 0.6 is 23.4 Å². The quantitative estimate of drug-likeness (QED) is 0.377. The zero-order valence-corrected chi connectivity index (χ0v) is 7.88. The van der Waals surface area contributed by atoms with E-state index in [-0.39, 0.29) is 0 Å². The summed E-state index contributed by atoms with van der Waals surface area (Å²) in [7, 11) is 0. The minimum atomic E-state index is 0.449. The Morgan fingerprint density at radius 1 is 1.46 bits per heavy atom. The maximum absolute atomic E-state index is 11.2. The first-order chi connectivity index (χ1) is 6.18. The van der Waals surface area contributed by atoms with Gasteiger partial charge in [-0.3, -0.25) is 0 Å². The lowest BCUT2D eigenvalue weighted by Crippen LogP contribution is -2.52. The van der Waals surface area contributed by atoms with Crippen molar-refractivity contribution in [2.45, 2.75) is 0 Å². The van der Waals surface area contributed by atoms with Crippen LogP contribution in [0, 0.1) is 5.21 Å². The number of rotatable bonds is 0. The maximum Gasteiger partial charge on any atom is 0.254 e. The third kappa shape index (κ3) is 1.38. The van der Waals surface area contributed by atoms with Crippen LogP contribution in [0.15, 0.2) is 18.2 Å². The highest BCUT2D eigenvalue weighted by atomic mass is 35.5. The maximum atomic E-state index is 11.2. The lowest BCUT2D eigenvalue weighted by atomic mass is 10.3. The molecule has 1 aromatic carbocycles. The summed E-state index contributed by atoms with van der Waals surface area (Å²) in [6.45, 7) is 0. The molecule has 1 aliphatic heterocycles. The Kier molecular flexibility index (Phi) is 1.94. The lowest BCUT2D eigenvalue weighted by molar-refractivity contribution is 0.357. The van der Waals surface area contributed by atoms with Crippen LogP contribution in [0.1, 0.15) is 0 Å². The van der Waals surface area contributed by atoms with Crippen LogP contribution in [0.4, 0.5) is 0 Å². The Balaban J connectivity index is 2.87. The molecule has 68 valence electrons. The highest BCUT2D eigenvalue weighted by Gasteiger charge is 2.10. The van der Waals surface area contributed by atoms with Crippen molar-refractivity contribution in [3.05, 3.63) is 39.0 Å². The molecule has 0 bridgehead atoms. The molecule has 0 fully saturated rings. The third-order valence-corrected chi connectivity index (χ3v) is 2.18. The summed E-state index contributed by atoms with van der Waals surface area (Å²) in [5.74, 6) is 0. The van der Waals surface area contributed by atoms with E-state index in [0.29, 0.717) is 20.4 Å². The SMILES string of the molecule is [O-][N+]1=c2cccc(Cl)c2=CN(Cl)N1. The third-order valence-electron chi connectivity index (χ3n) is 1.68. The molecule has 0 spiro atoms. The summed E-state index contributed by atoms with van der Waals surface area (Å²) in [4.78, 5) is 0.550. The van der Waals surface area contributed by atoms with Crippen LogP contribution in [0.2, 0.25) is 5.02 Å². The zero-order chi connectivity index (χ0) is 9.42. The normalized spacial score (nSPS) is 14.6. The van der Waals surface area contributed by atoms with E-state index in [1.165, 1.54) is 6.20 Å². The number of hydrogen-bond acceptors (Lipinski definition) is 3. The van der Waals surface area contributed by atoms with Gasteiger partial charge in [-0.1, -0.05) is 28.0 Å². The Morgan fingerprint density at radius 2 is 2.23 bits per heavy atom. The highest BCUT2D eigenvalue weighted by Crippen LogP contribution is 1.99. The Labute approximate surface area is 83.9 Å². The van der Waals surface area contributed by atoms with Crippen molar-refractivity contribution in [3.63, 3.8) is 0 Å². The fourth-order valence-corrected chi connectivity index (χ4v) is 1.50. The standard InChI is InChI=1S/C7H5Cl2N3O/c8-6-2-1-3-7-5(6)4-11(9)10-12(7)13/h1-4,10H. The van der Waals surface area contributed by atoms with E-state index in [4.69, 9.17) is 23.4 Å². The summed E-state index contributed by atoms with van der Waals surface area (Å²) >= 11 is 11.4. The van der Waals surface area contributed by atoms with Gasteiger partial charge in [0.2, 0.25) is 0 Å². The molecule has 1 N–H and O–H groups in total. The van der Waals surface area contributed by atoms with Crippen LogP contribution in [0.5, 0.6) is 0 Å². The molecular formula is C7H5Cl2N3O. The fraction of sp³-hybridized carbons (Fsp3) is 0. The van der Waals surface area contributed by atoms with Crippen molar-refractivity contribution < 1.29 is 0 Å². The Hall–Kier alpha value is -1.13. The molecule has 2 rings (SSSR count). The van der Waals surface area contributed by atoms with E-state index >= 15 is 0 Å². The molecule has 13 heavy (non-hydrogen) atoms. The van der Waals surface area contributed by atoms with Gasteiger partial charge in [-0.05, 0) is 6.07 Å². The molecule has 0 aliphatic carbocycles. The van der Waals surface area contributed by atoms with Gasteiger partial charge < -0.3 is 5.21 Å². The van der Waals surface area contributed by atoms with E-state index in [1.54, 1.807) is 18.2 Å². The molecule has 0 saturated carbocycles. The van der Waals surface area contributed by atoms with Crippen molar-refractivity contribution in [2.24, 2.45) is 0 Å². The monoisotopic (exact) mass is 217 g/mol. The lowest BCUT2D eigenvalue weighted by Gasteiger charge is -2.14. The molecule has 0 saturated heterocycles. The van der Waals surface area contributed by atoms with Crippen LogP contribution in [0.25, 0.3) is 6.20 Å². The van der Waals surface area contributed by atoms with E-state index < -0.39 is 0 Å². The summed E-state index contributed by atoms with van der Waals surface area (Å²) in [6.07, 6.45) is 1.54. The van der Waals surface area contributed by atoms with Crippen LogP contribution in [-0.2, 0) is 0 Å². The summed E-state index contributed by atoms with van der Waals surface area (Å²) in [5.41, 5.74) is 2.32. The van der Waals surface area contributed by atoms with Gasteiger partial charge in [-0.2, -0.15) is 4.53 Å². The molecule has 0 atom stereocenters. The molecule has 0 aromatic heterocycles. The molecule has 1 aromatic rings. The molecule has 0 unspecified atom stereocenters. The molecule has 0 amide bonds. The van der Waals surface area contributed by atoms with Crippen molar-refractivity contribution >= 4 is 29.6 Å². The van der Waals surface area contributed by atoms with Crippen molar-refractivity contribution in [1.29, 1.82) is 0 Å². The average molecular weight is 218 g/mol. The first kappa shape index (κ1) is 8.47.